The Kier molecular flexibility index (Phi) is 3.40. The van der Waals surface area contributed by atoms with E-state index in [0.29, 0.717) is 6.54 Å². The van der Waals surface area contributed by atoms with Crippen LogP contribution < -0.4 is 22.5 Å². The van der Waals surface area contributed by atoms with Crippen molar-refractivity contribution in [1.29, 1.82) is 0 Å². The quantitative estimate of drug-likeness (QED) is 0.344. The number of nitrogens with one attached hydrogen (secondary N) is 1. The minimum Gasteiger partial charge on any atom is -0.301 e. The van der Waals surface area contributed by atoms with Gasteiger partial charge in [0.05, 0.1) is 0 Å². The van der Waals surface area contributed by atoms with Crippen LogP contribution in [0.25, 0.3) is 0 Å². The summed E-state index contributed by atoms with van der Waals surface area (Å²) in [6, 6.07) is 1.23. The fourth-order valence-corrected chi connectivity index (χ4v) is 1.13. The standard InChI is InChI=1S/C8H12N4O3/c1-2-11-4-3-7(14)12(8(11)15)5-6(13)10-9/h3-4H,2,5,9H2,1H3,(H,10,13). The average molecular weight is 212 g/mol. The molecule has 0 aromatic carbocycles. The lowest BCUT2D eigenvalue weighted by Crippen LogP contribution is -2.44. The highest BCUT2D eigenvalue weighted by molar-refractivity contribution is 5.74. The molecule has 0 aliphatic rings. The van der Waals surface area contributed by atoms with Gasteiger partial charge in [0, 0.05) is 18.8 Å². The lowest BCUT2D eigenvalue weighted by molar-refractivity contribution is -0.121. The summed E-state index contributed by atoms with van der Waals surface area (Å²) >= 11 is 0. The summed E-state index contributed by atoms with van der Waals surface area (Å²) in [5.74, 6) is 4.27. The van der Waals surface area contributed by atoms with Crippen molar-refractivity contribution in [3.05, 3.63) is 33.1 Å². The number of carbonyl (C=O) groups excluding carboxylic acids is 1. The van der Waals surface area contributed by atoms with Crippen LogP contribution >= 0.6 is 0 Å². The van der Waals surface area contributed by atoms with E-state index in [4.69, 9.17) is 5.84 Å². The van der Waals surface area contributed by atoms with E-state index in [0.717, 1.165) is 4.57 Å². The molecule has 1 heterocycles. The van der Waals surface area contributed by atoms with Gasteiger partial charge in [0.1, 0.15) is 6.54 Å². The van der Waals surface area contributed by atoms with Crippen LogP contribution in [0, 0.1) is 0 Å². The first-order chi connectivity index (χ1) is 7.10. The van der Waals surface area contributed by atoms with E-state index in [2.05, 4.69) is 0 Å². The Morgan fingerprint density at radius 3 is 2.73 bits per heavy atom. The van der Waals surface area contributed by atoms with Crippen LogP contribution in [0.15, 0.2) is 21.9 Å². The van der Waals surface area contributed by atoms with Gasteiger partial charge in [-0.2, -0.15) is 0 Å². The normalized spacial score (nSPS) is 10.0. The van der Waals surface area contributed by atoms with Gasteiger partial charge in [-0.05, 0) is 6.92 Å². The van der Waals surface area contributed by atoms with Crippen LogP contribution in [0.2, 0.25) is 0 Å². The zero-order chi connectivity index (χ0) is 11.4. The van der Waals surface area contributed by atoms with Crippen LogP contribution in [-0.2, 0) is 17.9 Å². The predicted octanol–water partition coefficient (Wildman–Crippen LogP) is -1.98. The summed E-state index contributed by atoms with van der Waals surface area (Å²) in [6.07, 6.45) is 1.39. The molecule has 7 heteroatoms. The molecule has 0 saturated heterocycles. The van der Waals surface area contributed by atoms with Gasteiger partial charge in [-0.15, -0.1) is 0 Å². The van der Waals surface area contributed by atoms with Gasteiger partial charge < -0.3 is 4.57 Å². The second kappa shape index (κ2) is 4.56. The SMILES string of the molecule is CCn1ccc(=O)n(CC(=O)NN)c1=O. The first kappa shape index (κ1) is 11.2. The molecular weight excluding hydrogens is 200 g/mol. The second-order valence-corrected chi connectivity index (χ2v) is 2.88. The number of rotatable bonds is 3. The molecule has 0 fully saturated rings. The molecule has 1 aromatic heterocycles. The fraction of sp³-hybridized carbons (Fsp3) is 0.375. The minimum absolute atomic E-state index is 0.366. The summed E-state index contributed by atoms with van der Waals surface area (Å²) in [7, 11) is 0. The molecule has 1 amide bonds. The molecular formula is C8H12N4O3. The molecule has 15 heavy (non-hydrogen) atoms. The third kappa shape index (κ3) is 2.32. The predicted molar refractivity (Wildman–Crippen MR) is 53.0 cm³/mol. The Labute approximate surface area is 85.1 Å². The third-order valence-corrected chi connectivity index (χ3v) is 1.94. The van der Waals surface area contributed by atoms with Crippen LogP contribution in [0.1, 0.15) is 6.92 Å². The molecule has 82 valence electrons. The molecule has 0 unspecified atom stereocenters. The molecule has 0 spiro atoms. The van der Waals surface area contributed by atoms with Gasteiger partial charge in [0.25, 0.3) is 11.5 Å². The van der Waals surface area contributed by atoms with E-state index in [1.807, 2.05) is 5.43 Å². The average Bonchev–Trinajstić information content (AvgIpc) is 2.24. The molecule has 0 radical (unpaired) electrons. The van der Waals surface area contributed by atoms with E-state index in [9.17, 15) is 14.4 Å². The van der Waals surface area contributed by atoms with Gasteiger partial charge in [0.2, 0.25) is 0 Å². The van der Waals surface area contributed by atoms with Crippen LogP contribution in [0.4, 0.5) is 0 Å². The monoisotopic (exact) mass is 212 g/mol. The van der Waals surface area contributed by atoms with E-state index in [1.165, 1.54) is 16.8 Å². The summed E-state index contributed by atoms with van der Waals surface area (Å²) in [5.41, 5.74) is 0.819. The Bertz CT molecular complexity index is 474. The van der Waals surface area contributed by atoms with Gasteiger partial charge in [0.15, 0.2) is 0 Å². The number of hydrogen-bond donors (Lipinski definition) is 2. The highest BCUT2D eigenvalue weighted by atomic mass is 16.2. The molecule has 7 nitrogen and oxygen atoms in total. The van der Waals surface area contributed by atoms with E-state index in [-0.39, 0.29) is 6.54 Å². The van der Waals surface area contributed by atoms with Gasteiger partial charge >= 0.3 is 5.69 Å². The summed E-state index contributed by atoms with van der Waals surface area (Å²) in [4.78, 5) is 33.8. The molecule has 0 saturated carbocycles. The molecule has 0 bridgehead atoms. The number of nitrogens with zero attached hydrogens (tertiary/aromatic N) is 2. The largest absolute Gasteiger partial charge is 0.331 e. The van der Waals surface area contributed by atoms with Crippen molar-refractivity contribution in [2.24, 2.45) is 5.84 Å². The van der Waals surface area contributed by atoms with Crippen molar-refractivity contribution < 1.29 is 4.79 Å². The maximum absolute atomic E-state index is 11.6. The van der Waals surface area contributed by atoms with E-state index in [1.54, 1.807) is 6.92 Å². The van der Waals surface area contributed by atoms with Gasteiger partial charge in [-0.25, -0.2) is 10.6 Å². The topological polar surface area (TPSA) is 99.1 Å². The molecule has 1 aromatic rings. The Balaban J connectivity index is 3.22. The molecule has 1 rings (SSSR count). The van der Waals surface area contributed by atoms with Crippen molar-refractivity contribution in [3.63, 3.8) is 0 Å². The maximum Gasteiger partial charge on any atom is 0.331 e. The van der Waals surface area contributed by atoms with Crippen molar-refractivity contribution in [3.8, 4) is 0 Å². The summed E-state index contributed by atoms with van der Waals surface area (Å²) in [6.45, 7) is 1.83. The number of hydrazine groups is 1. The van der Waals surface area contributed by atoms with Gasteiger partial charge in [-0.3, -0.25) is 19.6 Å². The number of nitrogens with two attached hydrogens (primary N) is 1. The van der Waals surface area contributed by atoms with Crippen molar-refractivity contribution in [2.75, 3.05) is 0 Å². The molecule has 3 N–H and O–H groups in total. The molecule has 0 aliphatic heterocycles. The van der Waals surface area contributed by atoms with Crippen molar-refractivity contribution in [2.45, 2.75) is 20.0 Å². The van der Waals surface area contributed by atoms with Crippen molar-refractivity contribution in [1.82, 2.24) is 14.6 Å². The third-order valence-electron chi connectivity index (χ3n) is 1.94. The Morgan fingerprint density at radius 2 is 2.20 bits per heavy atom. The van der Waals surface area contributed by atoms with Crippen molar-refractivity contribution >= 4 is 5.91 Å². The minimum atomic E-state index is -0.594. The summed E-state index contributed by atoms with van der Waals surface area (Å²) < 4.78 is 2.15. The lowest BCUT2D eigenvalue weighted by Gasteiger charge is -2.06. The first-order valence-electron chi connectivity index (χ1n) is 4.40. The van der Waals surface area contributed by atoms with Crippen LogP contribution in [0.5, 0.6) is 0 Å². The number of aryl methyl sites for hydroxylation is 1. The number of hydrogen-bond acceptors (Lipinski definition) is 4. The number of carbonyl (C=O) groups is 1. The molecule has 0 aliphatic carbocycles. The highest BCUT2D eigenvalue weighted by Gasteiger charge is 2.07. The Morgan fingerprint density at radius 1 is 1.53 bits per heavy atom. The zero-order valence-electron chi connectivity index (χ0n) is 8.27. The zero-order valence-corrected chi connectivity index (χ0v) is 8.27. The number of aromatic nitrogens is 2. The van der Waals surface area contributed by atoms with E-state index >= 15 is 0 Å². The fourth-order valence-electron chi connectivity index (χ4n) is 1.13. The molecule has 0 atom stereocenters. The maximum atomic E-state index is 11.6. The van der Waals surface area contributed by atoms with Gasteiger partial charge in [-0.1, -0.05) is 0 Å². The second-order valence-electron chi connectivity index (χ2n) is 2.88. The lowest BCUT2D eigenvalue weighted by atomic mass is 10.5. The first-order valence-corrected chi connectivity index (χ1v) is 4.40. The van der Waals surface area contributed by atoms with E-state index < -0.39 is 17.2 Å². The van der Waals surface area contributed by atoms with Crippen LogP contribution in [-0.4, -0.2) is 15.0 Å². The Hall–Kier alpha value is -1.89. The summed E-state index contributed by atoms with van der Waals surface area (Å²) in [5, 5.41) is 0. The smallest absolute Gasteiger partial charge is 0.301 e. The number of amides is 1. The highest BCUT2D eigenvalue weighted by Crippen LogP contribution is 1.78. The van der Waals surface area contributed by atoms with Crippen LogP contribution in [0.3, 0.4) is 0 Å².